The first-order chi connectivity index (χ1) is 9.10. The average molecular weight is 288 g/mol. The van der Waals surface area contributed by atoms with Gasteiger partial charge in [0.05, 0.1) is 10.5 Å². The van der Waals surface area contributed by atoms with Crippen molar-refractivity contribution < 1.29 is 18.1 Å². The highest BCUT2D eigenvalue weighted by Gasteiger charge is 2.59. The molecule has 1 saturated carbocycles. The maximum atomic E-state index is 12.6. The maximum Gasteiger partial charge on any atom is 0.416 e. The quantitative estimate of drug-likeness (QED) is 0.685. The van der Waals surface area contributed by atoms with Crippen LogP contribution in [0.5, 0.6) is 0 Å². The molecule has 0 radical (unpaired) electrons. The minimum absolute atomic E-state index is 0.0536. The van der Waals surface area contributed by atoms with Crippen molar-refractivity contribution >= 4 is 5.69 Å². The van der Waals surface area contributed by atoms with E-state index in [2.05, 4.69) is 0 Å². The predicted octanol–water partition coefficient (Wildman–Crippen LogP) is 3.31. The summed E-state index contributed by atoms with van der Waals surface area (Å²) in [6, 6.07) is 2.71. The lowest BCUT2D eigenvalue weighted by Gasteiger charge is -2.09. The molecule has 0 saturated heterocycles. The van der Waals surface area contributed by atoms with Gasteiger partial charge in [-0.15, -0.1) is 0 Å². The molecule has 4 nitrogen and oxygen atoms in total. The molecule has 2 rings (SSSR count). The Labute approximate surface area is 113 Å². The van der Waals surface area contributed by atoms with Crippen LogP contribution in [0.3, 0.4) is 0 Å². The normalized spacial score (nSPS) is 24.5. The van der Waals surface area contributed by atoms with Crippen molar-refractivity contribution in [1.82, 2.24) is 0 Å². The second-order valence-electron chi connectivity index (χ2n) is 5.67. The number of nitrogens with zero attached hydrogens (tertiary/aromatic N) is 1. The average Bonchev–Trinajstić information content (AvgIpc) is 2.88. The van der Waals surface area contributed by atoms with Crippen LogP contribution in [0.15, 0.2) is 18.2 Å². The van der Waals surface area contributed by atoms with E-state index in [9.17, 15) is 23.3 Å². The number of alkyl halides is 3. The molecule has 1 aliphatic carbocycles. The zero-order valence-electron chi connectivity index (χ0n) is 11.1. The number of hydrogen-bond acceptors (Lipinski definition) is 3. The number of halogens is 3. The van der Waals surface area contributed by atoms with Gasteiger partial charge in [0.25, 0.3) is 5.69 Å². The summed E-state index contributed by atoms with van der Waals surface area (Å²) in [5.74, 6) is -0.117. The summed E-state index contributed by atoms with van der Waals surface area (Å²) in [4.78, 5) is 10.3. The Balaban J connectivity index is 2.48. The Kier molecular flexibility index (Phi) is 3.28. The molecule has 0 spiro atoms. The molecule has 2 N–H and O–H groups in total. The second-order valence-corrected chi connectivity index (χ2v) is 5.67. The number of nitro groups is 1. The van der Waals surface area contributed by atoms with Crippen molar-refractivity contribution in [1.29, 1.82) is 0 Å². The first kappa shape index (κ1) is 14.8. The van der Waals surface area contributed by atoms with Crippen LogP contribution in [0.1, 0.15) is 30.9 Å². The molecule has 7 heteroatoms. The third kappa shape index (κ3) is 2.26. The van der Waals surface area contributed by atoms with Crippen LogP contribution in [0, 0.1) is 21.4 Å². The van der Waals surface area contributed by atoms with Crippen LogP contribution in [-0.2, 0) is 6.18 Å². The Bertz CT molecular complexity index is 555. The Morgan fingerprint density at radius 1 is 1.40 bits per heavy atom. The summed E-state index contributed by atoms with van der Waals surface area (Å²) in [6.07, 6.45) is -4.59. The van der Waals surface area contributed by atoms with E-state index in [1.54, 1.807) is 0 Å². The monoisotopic (exact) mass is 288 g/mol. The highest BCUT2D eigenvalue weighted by Crippen LogP contribution is 2.65. The summed E-state index contributed by atoms with van der Waals surface area (Å²) >= 11 is 0. The summed E-state index contributed by atoms with van der Waals surface area (Å²) < 4.78 is 37.9. The van der Waals surface area contributed by atoms with Gasteiger partial charge in [0.1, 0.15) is 0 Å². The van der Waals surface area contributed by atoms with Gasteiger partial charge in [-0.05, 0) is 23.9 Å². The topological polar surface area (TPSA) is 69.2 Å². The van der Waals surface area contributed by atoms with Crippen LogP contribution in [-0.4, -0.2) is 11.5 Å². The van der Waals surface area contributed by atoms with Gasteiger partial charge in [0, 0.05) is 17.5 Å². The highest BCUT2D eigenvalue weighted by molar-refractivity contribution is 5.50. The molecule has 1 aliphatic rings. The van der Waals surface area contributed by atoms with Crippen molar-refractivity contribution in [2.24, 2.45) is 17.1 Å². The van der Waals surface area contributed by atoms with E-state index >= 15 is 0 Å². The zero-order chi connectivity index (χ0) is 15.3. The van der Waals surface area contributed by atoms with E-state index in [0.29, 0.717) is 18.2 Å². The van der Waals surface area contributed by atoms with Gasteiger partial charge >= 0.3 is 6.18 Å². The fourth-order valence-corrected chi connectivity index (χ4v) is 2.94. The molecule has 0 amide bonds. The van der Waals surface area contributed by atoms with E-state index in [4.69, 9.17) is 5.73 Å². The molecule has 1 aromatic rings. The lowest BCUT2D eigenvalue weighted by Crippen LogP contribution is -2.07. The molecule has 0 bridgehead atoms. The number of nitro benzene ring substituents is 1. The molecule has 2 atom stereocenters. The maximum absolute atomic E-state index is 12.6. The van der Waals surface area contributed by atoms with Gasteiger partial charge in [-0.25, -0.2) is 0 Å². The number of nitrogens with two attached hydrogens (primary N) is 1. The summed E-state index contributed by atoms with van der Waals surface area (Å²) in [5, 5.41) is 11.0. The van der Waals surface area contributed by atoms with E-state index in [1.165, 1.54) is 6.07 Å². The van der Waals surface area contributed by atoms with Crippen molar-refractivity contribution in [3.05, 3.63) is 39.4 Å². The molecule has 20 heavy (non-hydrogen) atoms. The fourth-order valence-electron chi connectivity index (χ4n) is 2.94. The molecule has 0 aromatic heterocycles. The van der Waals surface area contributed by atoms with E-state index in [0.717, 1.165) is 6.07 Å². The van der Waals surface area contributed by atoms with Gasteiger partial charge in [-0.1, -0.05) is 19.9 Å². The van der Waals surface area contributed by atoms with Gasteiger partial charge < -0.3 is 5.73 Å². The lowest BCUT2D eigenvalue weighted by molar-refractivity contribution is -0.385. The van der Waals surface area contributed by atoms with Gasteiger partial charge in [-0.2, -0.15) is 13.2 Å². The van der Waals surface area contributed by atoms with Gasteiger partial charge in [0.15, 0.2) is 0 Å². The van der Waals surface area contributed by atoms with Gasteiger partial charge in [-0.3, -0.25) is 10.1 Å². The van der Waals surface area contributed by atoms with E-state index in [-0.39, 0.29) is 17.3 Å². The number of hydrogen-bond donors (Lipinski definition) is 1. The van der Waals surface area contributed by atoms with Crippen molar-refractivity contribution in [3.63, 3.8) is 0 Å². The zero-order valence-corrected chi connectivity index (χ0v) is 11.1. The minimum atomic E-state index is -4.59. The third-order valence-electron chi connectivity index (χ3n) is 4.19. The SMILES string of the molecule is CC1(C)[C@H](CN)[C@H]1c1ccc(C(F)(F)F)cc1[N+](=O)[O-]. The smallest absolute Gasteiger partial charge is 0.330 e. The van der Waals surface area contributed by atoms with Crippen LogP contribution < -0.4 is 5.73 Å². The minimum Gasteiger partial charge on any atom is -0.330 e. The lowest BCUT2D eigenvalue weighted by atomic mass is 9.99. The van der Waals surface area contributed by atoms with Crippen LogP contribution >= 0.6 is 0 Å². The highest BCUT2D eigenvalue weighted by atomic mass is 19.4. The molecular weight excluding hydrogens is 273 g/mol. The van der Waals surface area contributed by atoms with Gasteiger partial charge in [0.2, 0.25) is 0 Å². The molecule has 0 heterocycles. The molecule has 0 aliphatic heterocycles. The predicted molar refractivity (Wildman–Crippen MR) is 67.2 cm³/mol. The number of rotatable bonds is 3. The first-order valence-electron chi connectivity index (χ1n) is 6.16. The number of benzene rings is 1. The molecule has 0 unspecified atom stereocenters. The van der Waals surface area contributed by atoms with Crippen molar-refractivity contribution in [2.45, 2.75) is 25.9 Å². The second kappa shape index (κ2) is 4.44. The standard InChI is InChI=1S/C13H15F3N2O2/c1-12(2)9(6-17)11(12)8-4-3-7(13(14,15)16)5-10(8)18(19)20/h3-5,9,11H,6,17H2,1-2H3/t9-,11-/m1/s1. The summed E-state index contributed by atoms with van der Waals surface area (Å²) in [5.41, 5.74) is 4.24. The van der Waals surface area contributed by atoms with Crippen LogP contribution in [0.2, 0.25) is 0 Å². The van der Waals surface area contributed by atoms with E-state index < -0.39 is 22.4 Å². The van der Waals surface area contributed by atoms with Crippen LogP contribution in [0.25, 0.3) is 0 Å². The molecule has 1 aromatic carbocycles. The molecule has 110 valence electrons. The summed E-state index contributed by atoms with van der Waals surface area (Å²) in [6.45, 7) is 4.18. The third-order valence-corrected chi connectivity index (χ3v) is 4.19. The Morgan fingerprint density at radius 2 is 2.00 bits per heavy atom. The Morgan fingerprint density at radius 3 is 2.40 bits per heavy atom. The Hall–Kier alpha value is -1.63. The van der Waals surface area contributed by atoms with Crippen molar-refractivity contribution in [3.8, 4) is 0 Å². The molecular formula is C13H15F3N2O2. The fraction of sp³-hybridized carbons (Fsp3) is 0.538. The first-order valence-corrected chi connectivity index (χ1v) is 6.16. The summed E-state index contributed by atoms with van der Waals surface area (Å²) in [7, 11) is 0. The molecule has 1 fully saturated rings. The largest absolute Gasteiger partial charge is 0.416 e. The van der Waals surface area contributed by atoms with Crippen molar-refractivity contribution in [2.75, 3.05) is 6.54 Å². The van der Waals surface area contributed by atoms with E-state index in [1.807, 2.05) is 13.8 Å². The van der Waals surface area contributed by atoms with Crippen LogP contribution in [0.4, 0.5) is 18.9 Å².